The van der Waals surface area contributed by atoms with E-state index in [1.54, 1.807) is 13.2 Å². The molecule has 3 rings (SSSR count). The highest BCUT2D eigenvalue weighted by Gasteiger charge is 2.16. The van der Waals surface area contributed by atoms with Crippen LogP contribution >= 0.6 is 0 Å². The lowest BCUT2D eigenvalue weighted by Crippen LogP contribution is -2.06. The molecule has 142 valence electrons. The maximum Gasteiger partial charge on any atom is 0.387 e. The molecule has 0 saturated heterocycles. The standard InChI is InChI=1S/C15H13F4N7O/c1-26-6-7(4-22-26)8-5-21-11(2-9(8)27-15(18)19)24-12-3-10(20)23-14(25-12)13(16)17/h2-6,13,15H,1H3,(H3,20,21,23,24,25). The summed E-state index contributed by atoms with van der Waals surface area (Å²) in [5.41, 5.74) is 6.27. The maximum atomic E-state index is 12.8. The highest BCUT2D eigenvalue weighted by atomic mass is 19.3. The smallest absolute Gasteiger partial charge is 0.387 e. The van der Waals surface area contributed by atoms with Crippen molar-refractivity contribution in [1.29, 1.82) is 0 Å². The van der Waals surface area contributed by atoms with E-state index >= 15 is 0 Å². The molecule has 0 spiro atoms. The van der Waals surface area contributed by atoms with Crippen molar-refractivity contribution in [3.8, 4) is 16.9 Å². The van der Waals surface area contributed by atoms with Gasteiger partial charge in [0.25, 0.3) is 6.43 Å². The van der Waals surface area contributed by atoms with Crippen LogP contribution in [0.4, 0.5) is 35.0 Å². The normalized spacial score (nSPS) is 11.2. The first-order chi connectivity index (χ1) is 12.8. The first kappa shape index (κ1) is 18.4. The molecule has 0 amide bonds. The van der Waals surface area contributed by atoms with Crippen LogP contribution in [-0.2, 0) is 7.05 Å². The SMILES string of the molecule is Cn1cc(-c2cnc(Nc3cc(N)nc(C(F)F)n3)cc2OC(F)F)cn1. The molecule has 3 N–H and O–H groups in total. The molecule has 3 aromatic heterocycles. The lowest BCUT2D eigenvalue weighted by Gasteiger charge is -2.12. The van der Waals surface area contributed by atoms with Gasteiger partial charge in [0.15, 0.2) is 5.82 Å². The fourth-order valence-corrected chi connectivity index (χ4v) is 2.25. The number of nitrogens with zero attached hydrogens (tertiary/aromatic N) is 5. The predicted molar refractivity (Wildman–Crippen MR) is 87.8 cm³/mol. The van der Waals surface area contributed by atoms with E-state index in [4.69, 9.17) is 5.73 Å². The minimum absolute atomic E-state index is 0.0385. The number of nitrogen functional groups attached to an aromatic ring is 1. The number of hydrogen-bond donors (Lipinski definition) is 2. The molecule has 3 aromatic rings. The fraction of sp³-hybridized carbons (Fsp3) is 0.200. The van der Waals surface area contributed by atoms with Crippen molar-refractivity contribution < 1.29 is 22.3 Å². The summed E-state index contributed by atoms with van der Waals surface area (Å²) in [7, 11) is 1.67. The van der Waals surface area contributed by atoms with Crippen LogP contribution in [0.1, 0.15) is 12.2 Å². The number of nitrogens with two attached hydrogens (primary N) is 1. The number of ether oxygens (including phenoxy) is 1. The number of alkyl halides is 4. The van der Waals surface area contributed by atoms with Crippen LogP contribution in [0.2, 0.25) is 0 Å². The summed E-state index contributed by atoms with van der Waals surface area (Å²) in [6.07, 6.45) is 1.42. The third-order valence-corrected chi connectivity index (χ3v) is 3.31. The minimum Gasteiger partial charge on any atom is -0.434 e. The van der Waals surface area contributed by atoms with Crippen molar-refractivity contribution in [2.75, 3.05) is 11.1 Å². The third-order valence-electron chi connectivity index (χ3n) is 3.31. The monoisotopic (exact) mass is 383 g/mol. The Hall–Kier alpha value is -3.44. The summed E-state index contributed by atoms with van der Waals surface area (Å²) in [6.45, 7) is -3.07. The lowest BCUT2D eigenvalue weighted by atomic mass is 10.1. The molecule has 3 heterocycles. The van der Waals surface area contributed by atoms with Crippen LogP contribution < -0.4 is 15.8 Å². The number of halogens is 4. The van der Waals surface area contributed by atoms with Crippen molar-refractivity contribution in [1.82, 2.24) is 24.7 Å². The third kappa shape index (κ3) is 4.40. The number of pyridine rings is 1. The number of aromatic nitrogens is 5. The molecule has 27 heavy (non-hydrogen) atoms. The van der Waals surface area contributed by atoms with Crippen LogP contribution in [0.25, 0.3) is 11.1 Å². The van der Waals surface area contributed by atoms with Crippen LogP contribution in [-0.4, -0.2) is 31.3 Å². The van der Waals surface area contributed by atoms with Crippen molar-refractivity contribution in [3.63, 3.8) is 0 Å². The Labute approximate surface area is 150 Å². The molecule has 8 nitrogen and oxygen atoms in total. The predicted octanol–water partition coefficient (Wildman–Crippen LogP) is 3.14. The summed E-state index contributed by atoms with van der Waals surface area (Å²) in [6, 6.07) is 2.39. The number of aryl methyl sites for hydroxylation is 1. The molecule has 0 aromatic carbocycles. The lowest BCUT2D eigenvalue weighted by molar-refractivity contribution is -0.0494. The fourth-order valence-electron chi connectivity index (χ4n) is 2.25. The minimum atomic E-state index is -3.07. The Bertz CT molecular complexity index is 948. The van der Waals surface area contributed by atoms with Gasteiger partial charge in [-0.05, 0) is 0 Å². The van der Waals surface area contributed by atoms with E-state index in [0.29, 0.717) is 5.56 Å². The van der Waals surface area contributed by atoms with Gasteiger partial charge in [-0.25, -0.2) is 23.7 Å². The van der Waals surface area contributed by atoms with Crippen molar-refractivity contribution in [2.24, 2.45) is 7.05 Å². The van der Waals surface area contributed by atoms with E-state index < -0.39 is 18.9 Å². The number of hydrogen-bond acceptors (Lipinski definition) is 7. The van der Waals surface area contributed by atoms with Gasteiger partial charge in [0.1, 0.15) is 23.2 Å². The van der Waals surface area contributed by atoms with Crippen LogP contribution in [0.15, 0.2) is 30.7 Å². The van der Waals surface area contributed by atoms with Gasteiger partial charge in [-0.3, -0.25) is 4.68 Å². The molecule has 0 bridgehead atoms. The zero-order valence-corrected chi connectivity index (χ0v) is 13.8. The summed E-state index contributed by atoms with van der Waals surface area (Å²) in [5.74, 6) is -1.15. The molecule has 0 aliphatic rings. The topological polar surface area (TPSA) is 104 Å². The molecule has 0 unspecified atom stereocenters. The molecule has 0 aliphatic heterocycles. The van der Waals surface area contributed by atoms with Gasteiger partial charge >= 0.3 is 6.61 Å². The molecule has 0 radical (unpaired) electrons. The van der Waals surface area contributed by atoms with E-state index in [1.165, 1.54) is 29.2 Å². The zero-order chi connectivity index (χ0) is 19.6. The Balaban J connectivity index is 1.95. The summed E-state index contributed by atoms with van der Waals surface area (Å²) >= 11 is 0. The molecule has 0 aliphatic carbocycles. The van der Waals surface area contributed by atoms with Crippen molar-refractivity contribution >= 4 is 17.5 Å². The average molecular weight is 383 g/mol. The summed E-state index contributed by atoms with van der Waals surface area (Å²) < 4.78 is 57.1. The summed E-state index contributed by atoms with van der Waals surface area (Å²) in [5, 5.41) is 6.58. The van der Waals surface area contributed by atoms with Gasteiger partial charge in [0.05, 0.1) is 6.20 Å². The van der Waals surface area contributed by atoms with E-state index in [9.17, 15) is 17.6 Å². The molecule has 12 heteroatoms. The summed E-state index contributed by atoms with van der Waals surface area (Å²) in [4.78, 5) is 11.1. The second kappa shape index (κ2) is 7.43. The van der Waals surface area contributed by atoms with Gasteiger partial charge < -0.3 is 15.8 Å². The first-order valence-electron chi connectivity index (χ1n) is 7.45. The Morgan fingerprint density at radius 3 is 2.52 bits per heavy atom. The molecule has 0 saturated carbocycles. The van der Waals surface area contributed by atoms with Gasteiger partial charge in [0.2, 0.25) is 0 Å². The van der Waals surface area contributed by atoms with Gasteiger partial charge in [-0.15, -0.1) is 0 Å². The maximum absolute atomic E-state index is 12.8. The van der Waals surface area contributed by atoms with Gasteiger partial charge in [-0.1, -0.05) is 0 Å². The molecule has 0 atom stereocenters. The van der Waals surface area contributed by atoms with E-state index in [0.717, 1.165) is 0 Å². The van der Waals surface area contributed by atoms with Gasteiger partial charge in [0, 0.05) is 42.7 Å². The second-order valence-electron chi connectivity index (χ2n) is 5.31. The van der Waals surface area contributed by atoms with Crippen molar-refractivity contribution in [2.45, 2.75) is 13.0 Å². The Morgan fingerprint density at radius 2 is 1.89 bits per heavy atom. The first-order valence-corrected chi connectivity index (χ1v) is 7.45. The number of anilines is 3. The van der Waals surface area contributed by atoms with E-state index in [2.05, 4.69) is 30.1 Å². The quantitative estimate of drug-likeness (QED) is 0.630. The zero-order valence-electron chi connectivity index (χ0n) is 13.8. The highest BCUT2D eigenvalue weighted by molar-refractivity contribution is 5.71. The number of rotatable bonds is 6. The largest absolute Gasteiger partial charge is 0.434 e. The van der Waals surface area contributed by atoms with Crippen LogP contribution in [0, 0.1) is 0 Å². The van der Waals surface area contributed by atoms with E-state index in [-0.39, 0.29) is 28.8 Å². The average Bonchev–Trinajstić information content (AvgIpc) is 3.00. The Morgan fingerprint density at radius 1 is 1.11 bits per heavy atom. The molecule has 0 fully saturated rings. The highest BCUT2D eigenvalue weighted by Crippen LogP contribution is 2.33. The van der Waals surface area contributed by atoms with Crippen LogP contribution in [0.5, 0.6) is 5.75 Å². The number of nitrogens with one attached hydrogen (secondary N) is 1. The molecular weight excluding hydrogens is 370 g/mol. The molecular formula is C15H13F4N7O. The van der Waals surface area contributed by atoms with E-state index in [1.807, 2.05) is 0 Å². The van der Waals surface area contributed by atoms with Gasteiger partial charge in [-0.2, -0.15) is 13.9 Å². The Kier molecular flexibility index (Phi) is 5.05. The van der Waals surface area contributed by atoms with Crippen LogP contribution in [0.3, 0.4) is 0 Å². The van der Waals surface area contributed by atoms with Crippen molar-refractivity contribution in [3.05, 3.63) is 36.5 Å². The second-order valence-corrected chi connectivity index (χ2v) is 5.31.